The molecule has 0 saturated carbocycles. The Hall–Kier alpha value is -1.11. The molecule has 1 saturated heterocycles. The first-order chi connectivity index (χ1) is 6.57. The van der Waals surface area contributed by atoms with Gasteiger partial charge in [-0.25, -0.2) is 8.42 Å². The fraction of sp³-hybridized carbons (Fsp3) is 0.714. The zero-order chi connectivity index (χ0) is 10.2. The van der Waals surface area contributed by atoms with E-state index in [4.69, 9.17) is 5.73 Å². The van der Waals surface area contributed by atoms with Gasteiger partial charge >= 0.3 is 6.01 Å². The summed E-state index contributed by atoms with van der Waals surface area (Å²) >= 11 is 0. The Kier molecular flexibility index (Phi) is 2.18. The van der Waals surface area contributed by atoms with E-state index in [0.717, 1.165) is 0 Å². The number of sulfone groups is 1. The molecule has 14 heavy (non-hydrogen) atoms. The lowest BCUT2D eigenvalue weighted by molar-refractivity contribution is 0.414. The predicted molar refractivity (Wildman–Crippen MR) is 49.3 cm³/mol. The van der Waals surface area contributed by atoms with Gasteiger partial charge in [0.15, 0.2) is 5.82 Å². The van der Waals surface area contributed by atoms with Crippen molar-refractivity contribution < 1.29 is 12.9 Å². The minimum absolute atomic E-state index is 0.0356. The highest BCUT2D eigenvalue weighted by atomic mass is 32.2. The standard InChI is InChI=1S/C7H11N3O3S/c8-7-9-6(10-13-7)5-1-3-14(11,12)4-2-5/h5H,1-4H2,(H2,8,9,10). The predicted octanol–water partition coefficient (Wildman–Crippen LogP) is -0.0560. The van der Waals surface area contributed by atoms with Crippen LogP contribution in [-0.4, -0.2) is 30.1 Å². The first kappa shape index (κ1) is 9.45. The van der Waals surface area contributed by atoms with E-state index >= 15 is 0 Å². The lowest BCUT2D eigenvalue weighted by Gasteiger charge is -2.18. The Morgan fingerprint density at radius 2 is 2.00 bits per heavy atom. The lowest BCUT2D eigenvalue weighted by atomic mass is 10.0. The second kappa shape index (κ2) is 3.23. The summed E-state index contributed by atoms with van der Waals surface area (Å²) in [5.74, 6) is 0.995. The molecule has 2 N–H and O–H groups in total. The molecule has 0 bridgehead atoms. The zero-order valence-corrected chi connectivity index (χ0v) is 8.33. The molecular weight excluding hydrogens is 206 g/mol. The van der Waals surface area contributed by atoms with Crippen molar-refractivity contribution in [3.05, 3.63) is 5.82 Å². The molecule has 78 valence electrons. The number of anilines is 1. The molecule has 0 amide bonds. The summed E-state index contributed by atoms with van der Waals surface area (Å²) in [5.41, 5.74) is 5.28. The quantitative estimate of drug-likeness (QED) is 0.707. The normalized spacial score (nSPS) is 22.3. The van der Waals surface area contributed by atoms with Gasteiger partial charge in [0.1, 0.15) is 9.84 Å². The molecule has 1 aromatic heterocycles. The molecule has 0 unspecified atom stereocenters. The van der Waals surface area contributed by atoms with Gasteiger partial charge in [-0.1, -0.05) is 5.16 Å². The van der Waals surface area contributed by atoms with Gasteiger partial charge in [0.25, 0.3) is 0 Å². The molecule has 2 rings (SSSR count). The van der Waals surface area contributed by atoms with Gasteiger partial charge in [-0.3, -0.25) is 0 Å². The molecule has 1 aromatic rings. The maximum Gasteiger partial charge on any atom is 0.318 e. The molecule has 0 aliphatic carbocycles. The molecular formula is C7H11N3O3S. The van der Waals surface area contributed by atoms with Gasteiger partial charge in [0.05, 0.1) is 11.5 Å². The fourth-order valence-corrected chi connectivity index (χ4v) is 3.05. The molecule has 6 nitrogen and oxygen atoms in total. The number of hydrogen-bond acceptors (Lipinski definition) is 6. The number of aromatic nitrogens is 2. The van der Waals surface area contributed by atoms with Crippen molar-refractivity contribution in [2.75, 3.05) is 17.2 Å². The van der Waals surface area contributed by atoms with E-state index in [1.54, 1.807) is 0 Å². The number of rotatable bonds is 1. The van der Waals surface area contributed by atoms with Crippen LogP contribution in [0.2, 0.25) is 0 Å². The lowest BCUT2D eigenvalue weighted by Crippen LogP contribution is -2.22. The van der Waals surface area contributed by atoms with Gasteiger partial charge in [-0.2, -0.15) is 4.98 Å². The first-order valence-electron chi connectivity index (χ1n) is 4.36. The van der Waals surface area contributed by atoms with Crippen LogP contribution in [0.1, 0.15) is 24.6 Å². The van der Waals surface area contributed by atoms with Crippen LogP contribution in [0.25, 0.3) is 0 Å². The van der Waals surface area contributed by atoms with Crippen LogP contribution in [0, 0.1) is 0 Å². The van der Waals surface area contributed by atoms with Crippen LogP contribution in [0.3, 0.4) is 0 Å². The van der Waals surface area contributed by atoms with Crippen LogP contribution in [0.5, 0.6) is 0 Å². The smallest absolute Gasteiger partial charge is 0.318 e. The highest BCUT2D eigenvalue weighted by Crippen LogP contribution is 2.27. The molecule has 0 aromatic carbocycles. The summed E-state index contributed by atoms with van der Waals surface area (Å²) in [6, 6.07) is 0.0356. The van der Waals surface area contributed by atoms with E-state index in [0.29, 0.717) is 18.7 Å². The third kappa shape index (κ3) is 1.87. The van der Waals surface area contributed by atoms with E-state index < -0.39 is 9.84 Å². The average molecular weight is 217 g/mol. The second-order valence-electron chi connectivity index (χ2n) is 3.42. The number of nitrogens with two attached hydrogens (primary N) is 1. The Morgan fingerprint density at radius 3 is 2.50 bits per heavy atom. The van der Waals surface area contributed by atoms with Gasteiger partial charge < -0.3 is 10.3 Å². The molecule has 1 aliphatic heterocycles. The molecule has 2 heterocycles. The Morgan fingerprint density at radius 1 is 1.36 bits per heavy atom. The molecule has 0 spiro atoms. The van der Waals surface area contributed by atoms with Gasteiger partial charge in [-0.15, -0.1) is 0 Å². The SMILES string of the molecule is Nc1nc(C2CCS(=O)(=O)CC2)no1. The van der Waals surface area contributed by atoms with E-state index in [1.807, 2.05) is 0 Å². The van der Waals surface area contributed by atoms with Crippen molar-refractivity contribution in [1.82, 2.24) is 10.1 Å². The summed E-state index contributed by atoms with van der Waals surface area (Å²) in [4.78, 5) is 3.89. The Labute approximate surface area is 81.4 Å². The summed E-state index contributed by atoms with van der Waals surface area (Å²) in [6.45, 7) is 0. The fourth-order valence-electron chi connectivity index (χ4n) is 1.56. The molecule has 1 aliphatic rings. The maximum atomic E-state index is 11.1. The van der Waals surface area contributed by atoms with Crippen molar-refractivity contribution in [2.24, 2.45) is 0 Å². The molecule has 1 fully saturated rings. The van der Waals surface area contributed by atoms with Crippen molar-refractivity contribution in [2.45, 2.75) is 18.8 Å². The van der Waals surface area contributed by atoms with Crippen LogP contribution >= 0.6 is 0 Å². The minimum atomic E-state index is -2.83. The van der Waals surface area contributed by atoms with E-state index in [1.165, 1.54) is 0 Å². The first-order valence-corrected chi connectivity index (χ1v) is 6.18. The molecule has 0 radical (unpaired) electrons. The summed E-state index contributed by atoms with van der Waals surface area (Å²) in [7, 11) is -2.83. The van der Waals surface area contributed by atoms with Crippen molar-refractivity contribution in [3.8, 4) is 0 Å². The van der Waals surface area contributed by atoms with Crippen LogP contribution < -0.4 is 5.73 Å². The van der Waals surface area contributed by atoms with E-state index in [-0.39, 0.29) is 23.4 Å². The molecule has 7 heteroatoms. The van der Waals surface area contributed by atoms with Crippen molar-refractivity contribution >= 4 is 15.9 Å². The Bertz CT molecular complexity index is 411. The summed E-state index contributed by atoms with van der Waals surface area (Å²) in [6.07, 6.45) is 1.11. The highest BCUT2D eigenvalue weighted by Gasteiger charge is 2.27. The number of hydrogen-bond donors (Lipinski definition) is 1. The zero-order valence-electron chi connectivity index (χ0n) is 7.51. The Balaban J connectivity index is 2.09. The number of nitrogens with zero attached hydrogens (tertiary/aromatic N) is 2. The van der Waals surface area contributed by atoms with Gasteiger partial charge in [-0.05, 0) is 12.8 Å². The second-order valence-corrected chi connectivity index (χ2v) is 5.72. The third-order valence-corrected chi connectivity index (χ3v) is 4.09. The van der Waals surface area contributed by atoms with Crippen molar-refractivity contribution in [1.29, 1.82) is 0 Å². The van der Waals surface area contributed by atoms with Crippen LogP contribution in [0.4, 0.5) is 6.01 Å². The van der Waals surface area contributed by atoms with E-state index in [2.05, 4.69) is 14.7 Å². The largest absolute Gasteiger partial charge is 0.351 e. The van der Waals surface area contributed by atoms with Gasteiger partial charge in [0, 0.05) is 5.92 Å². The van der Waals surface area contributed by atoms with Crippen LogP contribution in [-0.2, 0) is 9.84 Å². The number of nitrogen functional groups attached to an aromatic ring is 1. The summed E-state index contributed by atoms with van der Waals surface area (Å²) < 4.78 is 26.9. The van der Waals surface area contributed by atoms with Crippen molar-refractivity contribution in [3.63, 3.8) is 0 Å². The minimum Gasteiger partial charge on any atom is -0.351 e. The topological polar surface area (TPSA) is 99.1 Å². The van der Waals surface area contributed by atoms with Crippen LogP contribution in [0.15, 0.2) is 4.52 Å². The third-order valence-electron chi connectivity index (χ3n) is 2.38. The highest BCUT2D eigenvalue weighted by molar-refractivity contribution is 7.91. The maximum absolute atomic E-state index is 11.1. The monoisotopic (exact) mass is 217 g/mol. The molecule has 0 atom stereocenters. The average Bonchev–Trinajstić information content (AvgIpc) is 2.52. The van der Waals surface area contributed by atoms with E-state index in [9.17, 15) is 8.42 Å². The van der Waals surface area contributed by atoms with Gasteiger partial charge in [0.2, 0.25) is 0 Å². The summed E-state index contributed by atoms with van der Waals surface area (Å²) in [5, 5.41) is 3.68.